The summed E-state index contributed by atoms with van der Waals surface area (Å²) in [5.41, 5.74) is 6.67. The second kappa shape index (κ2) is 9.26. The quantitative estimate of drug-likeness (QED) is 0.426. The topological polar surface area (TPSA) is 71.3 Å². The van der Waals surface area contributed by atoms with Crippen molar-refractivity contribution in [3.05, 3.63) is 80.6 Å². The van der Waals surface area contributed by atoms with Gasteiger partial charge in [-0.15, -0.1) is 0 Å². The normalized spacial score (nSPS) is 11.5. The average Bonchev–Trinajstić information content (AvgIpc) is 2.93. The Morgan fingerprint density at radius 2 is 1.87 bits per heavy atom. The van der Waals surface area contributed by atoms with E-state index in [0.717, 1.165) is 38.2 Å². The van der Waals surface area contributed by atoms with Gasteiger partial charge < -0.3 is 5.32 Å². The number of amides is 1. The summed E-state index contributed by atoms with van der Waals surface area (Å²) >= 11 is 3.47. The largest absolute Gasteiger partial charge is 0.326 e. The Morgan fingerprint density at radius 1 is 1.10 bits per heavy atom. The van der Waals surface area contributed by atoms with Crippen LogP contribution in [0.3, 0.4) is 0 Å². The van der Waals surface area contributed by atoms with Gasteiger partial charge in [0, 0.05) is 34.0 Å². The molecule has 1 aromatic heterocycles. The van der Waals surface area contributed by atoms with Crippen LogP contribution in [0.5, 0.6) is 0 Å². The fraction of sp³-hybridized carbons (Fsp3) is 0.261. The van der Waals surface area contributed by atoms with Gasteiger partial charge in [-0.2, -0.15) is 5.10 Å². The Bertz CT molecular complexity index is 1120. The van der Waals surface area contributed by atoms with Crippen molar-refractivity contribution in [2.75, 3.05) is 5.32 Å². The number of hydrogen-bond acceptors (Lipinski definition) is 3. The fourth-order valence-corrected chi connectivity index (χ4v) is 3.48. The molecular formula is C23H26BrN5O. The number of nitrogens with one attached hydrogen (secondary N) is 2. The molecule has 6 nitrogen and oxygen atoms in total. The molecule has 1 amide bonds. The predicted molar refractivity (Wildman–Crippen MR) is 125 cm³/mol. The SMILES string of the molecule is Cc1ccc(C(=O)NC(=NCc2c(C)nn(C)c2C)Nc2cccc(Br)c2)cc1C. The predicted octanol–water partition coefficient (Wildman–Crippen LogP) is 4.81. The van der Waals surface area contributed by atoms with Crippen LogP contribution in [0.1, 0.15) is 38.4 Å². The van der Waals surface area contributed by atoms with Gasteiger partial charge in [-0.1, -0.05) is 28.1 Å². The van der Waals surface area contributed by atoms with Gasteiger partial charge in [0.1, 0.15) is 0 Å². The maximum absolute atomic E-state index is 12.9. The van der Waals surface area contributed by atoms with Crippen LogP contribution in [0.25, 0.3) is 0 Å². The summed E-state index contributed by atoms with van der Waals surface area (Å²) in [6.07, 6.45) is 0. The van der Waals surface area contributed by atoms with Crippen LogP contribution in [0.15, 0.2) is 51.9 Å². The zero-order valence-electron chi connectivity index (χ0n) is 17.9. The standard InChI is InChI=1S/C23H26BrN5O/c1-14-9-10-18(11-15(14)2)22(30)27-23(26-20-8-6-7-19(24)12-20)25-13-21-16(3)28-29(5)17(21)4/h6-12H,13H2,1-5H3,(H2,25,26,27,30). The minimum absolute atomic E-state index is 0.209. The maximum Gasteiger partial charge on any atom is 0.257 e. The summed E-state index contributed by atoms with van der Waals surface area (Å²) in [6.45, 7) is 8.41. The number of anilines is 1. The molecule has 0 aliphatic heterocycles. The van der Waals surface area contributed by atoms with Crippen molar-refractivity contribution in [1.82, 2.24) is 15.1 Å². The highest BCUT2D eigenvalue weighted by Gasteiger charge is 2.13. The van der Waals surface area contributed by atoms with E-state index in [0.29, 0.717) is 18.1 Å². The monoisotopic (exact) mass is 467 g/mol. The van der Waals surface area contributed by atoms with E-state index in [9.17, 15) is 4.79 Å². The maximum atomic E-state index is 12.9. The molecule has 0 atom stereocenters. The Morgan fingerprint density at radius 3 is 2.50 bits per heavy atom. The molecule has 1 heterocycles. The van der Waals surface area contributed by atoms with E-state index in [1.807, 2.05) is 81.9 Å². The Kier molecular flexibility index (Phi) is 6.72. The average molecular weight is 468 g/mol. The lowest BCUT2D eigenvalue weighted by Gasteiger charge is -2.13. The van der Waals surface area contributed by atoms with Gasteiger partial charge in [-0.3, -0.25) is 14.8 Å². The number of guanidine groups is 1. The fourth-order valence-electron chi connectivity index (χ4n) is 3.08. The summed E-state index contributed by atoms with van der Waals surface area (Å²) < 4.78 is 2.78. The van der Waals surface area contributed by atoms with Gasteiger partial charge in [-0.05, 0) is 69.2 Å². The summed E-state index contributed by atoms with van der Waals surface area (Å²) in [4.78, 5) is 17.5. The summed E-state index contributed by atoms with van der Waals surface area (Å²) in [5, 5.41) is 10.6. The van der Waals surface area contributed by atoms with E-state index in [1.54, 1.807) is 0 Å². The number of rotatable bonds is 4. The molecule has 0 unspecified atom stereocenters. The van der Waals surface area contributed by atoms with E-state index in [1.165, 1.54) is 0 Å². The third-order valence-corrected chi connectivity index (χ3v) is 5.64. The van der Waals surface area contributed by atoms with Gasteiger partial charge in [-0.25, -0.2) is 4.99 Å². The number of aromatic nitrogens is 2. The lowest BCUT2D eigenvalue weighted by molar-refractivity contribution is 0.0977. The highest BCUT2D eigenvalue weighted by molar-refractivity contribution is 9.10. The van der Waals surface area contributed by atoms with Crippen LogP contribution in [0.2, 0.25) is 0 Å². The van der Waals surface area contributed by atoms with Crippen LogP contribution in [-0.4, -0.2) is 21.6 Å². The molecule has 2 N–H and O–H groups in total. The zero-order valence-corrected chi connectivity index (χ0v) is 19.5. The van der Waals surface area contributed by atoms with Crippen molar-refractivity contribution in [2.24, 2.45) is 12.0 Å². The number of benzene rings is 2. The van der Waals surface area contributed by atoms with Crippen molar-refractivity contribution in [1.29, 1.82) is 0 Å². The van der Waals surface area contributed by atoms with Gasteiger partial charge in [0.05, 0.1) is 12.2 Å². The highest BCUT2D eigenvalue weighted by atomic mass is 79.9. The van der Waals surface area contributed by atoms with E-state index in [-0.39, 0.29) is 5.91 Å². The number of carbonyl (C=O) groups excluding carboxylic acids is 1. The molecule has 2 aromatic carbocycles. The number of hydrogen-bond donors (Lipinski definition) is 2. The van der Waals surface area contributed by atoms with E-state index < -0.39 is 0 Å². The van der Waals surface area contributed by atoms with Gasteiger partial charge >= 0.3 is 0 Å². The van der Waals surface area contributed by atoms with Crippen molar-refractivity contribution in [3.63, 3.8) is 0 Å². The Hall–Kier alpha value is -2.93. The third kappa shape index (κ3) is 5.16. The summed E-state index contributed by atoms with van der Waals surface area (Å²) in [7, 11) is 1.91. The summed E-state index contributed by atoms with van der Waals surface area (Å²) in [5.74, 6) is 0.179. The third-order valence-electron chi connectivity index (χ3n) is 5.14. The number of halogens is 1. The van der Waals surface area contributed by atoms with E-state index >= 15 is 0 Å². The van der Waals surface area contributed by atoms with E-state index in [2.05, 4.69) is 36.7 Å². The van der Waals surface area contributed by atoms with Crippen LogP contribution < -0.4 is 10.6 Å². The molecule has 0 aliphatic rings. The van der Waals surface area contributed by atoms with Crippen molar-refractivity contribution < 1.29 is 4.79 Å². The first-order valence-corrected chi connectivity index (χ1v) is 10.5. The lowest BCUT2D eigenvalue weighted by atomic mass is 10.1. The number of carbonyl (C=O) groups is 1. The molecule has 0 fully saturated rings. The summed E-state index contributed by atoms with van der Waals surface area (Å²) in [6, 6.07) is 13.4. The molecule has 0 aliphatic carbocycles. The van der Waals surface area contributed by atoms with Crippen molar-refractivity contribution in [3.8, 4) is 0 Å². The first kappa shape index (κ1) is 21.8. The van der Waals surface area contributed by atoms with Crippen molar-refractivity contribution >= 4 is 33.5 Å². The molecule has 0 bridgehead atoms. The molecule has 0 radical (unpaired) electrons. The van der Waals surface area contributed by atoms with Gasteiger partial charge in [0.2, 0.25) is 5.96 Å². The van der Waals surface area contributed by atoms with Crippen LogP contribution in [0.4, 0.5) is 5.69 Å². The molecule has 7 heteroatoms. The number of nitrogens with zero attached hydrogens (tertiary/aromatic N) is 3. The van der Waals surface area contributed by atoms with Crippen LogP contribution in [-0.2, 0) is 13.6 Å². The smallest absolute Gasteiger partial charge is 0.257 e. The van der Waals surface area contributed by atoms with Crippen LogP contribution in [0, 0.1) is 27.7 Å². The number of aliphatic imine (C=N–C) groups is 1. The molecule has 0 saturated heterocycles. The molecule has 156 valence electrons. The first-order valence-electron chi connectivity index (χ1n) is 9.69. The van der Waals surface area contributed by atoms with Gasteiger partial charge in [0.15, 0.2) is 0 Å². The molecule has 3 rings (SSSR count). The zero-order chi connectivity index (χ0) is 21.8. The Balaban J connectivity index is 1.88. The molecule has 0 saturated carbocycles. The van der Waals surface area contributed by atoms with Gasteiger partial charge in [0.25, 0.3) is 5.91 Å². The second-order valence-electron chi connectivity index (χ2n) is 7.33. The minimum atomic E-state index is -0.209. The minimum Gasteiger partial charge on any atom is -0.326 e. The lowest BCUT2D eigenvalue weighted by Crippen LogP contribution is -2.36. The molecule has 0 spiro atoms. The Labute approximate surface area is 185 Å². The van der Waals surface area contributed by atoms with E-state index in [4.69, 9.17) is 0 Å². The van der Waals surface area contributed by atoms with Crippen LogP contribution >= 0.6 is 15.9 Å². The molecular weight excluding hydrogens is 442 g/mol. The second-order valence-corrected chi connectivity index (χ2v) is 8.24. The molecule has 3 aromatic rings. The van der Waals surface area contributed by atoms with Crippen molar-refractivity contribution in [2.45, 2.75) is 34.2 Å². The first-order chi connectivity index (χ1) is 14.2. The number of aryl methyl sites for hydroxylation is 4. The highest BCUT2D eigenvalue weighted by Crippen LogP contribution is 2.17. The molecule has 30 heavy (non-hydrogen) atoms.